The minimum Gasteiger partial charge on any atom is -0.496 e. The lowest BCUT2D eigenvalue weighted by atomic mass is 9.98. The molecule has 3 heterocycles. The Morgan fingerprint density at radius 2 is 2.10 bits per heavy atom. The number of para-hydroxylation sites is 1. The number of fused-ring (bicyclic) bond motifs is 1. The van der Waals surface area contributed by atoms with Gasteiger partial charge in [0.1, 0.15) is 5.75 Å². The van der Waals surface area contributed by atoms with Crippen molar-refractivity contribution in [2.24, 2.45) is 0 Å². The van der Waals surface area contributed by atoms with Gasteiger partial charge in [0.25, 0.3) is 0 Å². The van der Waals surface area contributed by atoms with Gasteiger partial charge in [0.15, 0.2) is 11.0 Å². The molecule has 1 aliphatic rings. The summed E-state index contributed by atoms with van der Waals surface area (Å²) in [6.07, 6.45) is 1.88. The average molecular weight is 443 g/mol. The summed E-state index contributed by atoms with van der Waals surface area (Å²) in [4.78, 5) is 16.5. The molecule has 0 N–H and O–H groups in total. The van der Waals surface area contributed by atoms with Gasteiger partial charge in [-0.2, -0.15) is 0 Å². The van der Waals surface area contributed by atoms with Crippen LogP contribution in [0.3, 0.4) is 0 Å². The molecule has 4 rings (SSSR count). The van der Waals surface area contributed by atoms with Crippen LogP contribution >= 0.6 is 23.1 Å². The van der Waals surface area contributed by atoms with Crippen LogP contribution in [0.5, 0.6) is 5.75 Å². The topological polar surface area (TPSA) is 60.3 Å². The molecule has 0 bridgehead atoms. The number of aromatic nitrogens is 3. The maximum atomic E-state index is 13.1. The third-order valence-corrected chi connectivity index (χ3v) is 7.46. The molecule has 1 atom stereocenters. The molecule has 0 saturated carbocycles. The first-order valence-electron chi connectivity index (χ1n) is 10.2. The number of carbonyl (C=O) groups excluding carboxylic acids is 1. The predicted octanol–water partition coefficient (Wildman–Crippen LogP) is 4.66. The number of carbonyl (C=O) groups is 1. The summed E-state index contributed by atoms with van der Waals surface area (Å²) in [5.74, 6) is 2.04. The Hall–Kier alpha value is -2.32. The van der Waals surface area contributed by atoms with Gasteiger partial charge in [-0.25, -0.2) is 0 Å². The van der Waals surface area contributed by atoms with E-state index < -0.39 is 0 Å². The van der Waals surface area contributed by atoms with Crippen LogP contribution in [-0.2, 0) is 17.8 Å². The normalized spacial score (nSPS) is 15.8. The monoisotopic (exact) mass is 442 g/mol. The van der Waals surface area contributed by atoms with Crippen LogP contribution < -0.4 is 4.74 Å². The van der Waals surface area contributed by atoms with Crippen LogP contribution in [0.4, 0.5) is 0 Å². The number of benzene rings is 1. The van der Waals surface area contributed by atoms with Gasteiger partial charge in [0.05, 0.1) is 24.5 Å². The van der Waals surface area contributed by atoms with Crippen molar-refractivity contribution in [3.63, 3.8) is 0 Å². The first-order valence-corrected chi connectivity index (χ1v) is 12.1. The third-order valence-electron chi connectivity index (χ3n) is 5.51. The highest BCUT2D eigenvalue weighted by molar-refractivity contribution is 7.99. The fourth-order valence-corrected chi connectivity index (χ4v) is 5.87. The van der Waals surface area contributed by atoms with Gasteiger partial charge in [-0.3, -0.25) is 4.79 Å². The number of rotatable bonds is 7. The molecular weight excluding hydrogens is 416 g/mol. The molecule has 158 valence electrons. The molecule has 3 aromatic rings. The summed E-state index contributed by atoms with van der Waals surface area (Å²) in [6.45, 7) is 5.72. The molecule has 0 aliphatic carbocycles. The van der Waals surface area contributed by atoms with Crippen LogP contribution in [0, 0.1) is 0 Å². The predicted molar refractivity (Wildman–Crippen MR) is 121 cm³/mol. The molecule has 1 amide bonds. The van der Waals surface area contributed by atoms with Gasteiger partial charge < -0.3 is 14.2 Å². The number of ether oxygens (including phenoxy) is 1. The van der Waals surface area contributed by atoms with Crippen molar-refractivity contribution in [1.29, 1.82) is 0 Å². The standard InChI is InChI=1S/C22H26N4O2S2/c1-4-17-15-11-13-29-19(15)10-12-26(17)20(27)14-30-22-24-23-21(25(22)5-2)16-8-6-7-9-18(16)28-3/h6-9,11,13,17H,4-5,10,12,14H2,1-3H3. The summed E-state index contributed by atoms with van der Waals surface area (Å²) >= 11 is 3.26. The minimum absolute atomic E-state index is 0.160. The fraction of sp³-hybridized carbons (Fsp3) is 0.409. The molecule has 8 heteroatoms. The van der Waals surface area contributed by atoms with E-state index in [2.05, 4.69) is 35.5 Å². The second-order valence-electron chi connectivity index (χ2n) is 7.10. The number of hydrogen-bond acceptors (Lipinski definition) is 6. The van der Waals surface area contributed by atoms with Gasteiger partial charge in [-0.1, -0.05) is 30.8 Å². The summed E-state index contributed by atoms with van der Waals surface area (Å²) in [5.41, 5.74) is 2.22. The first-order chi connectivity index (χ1) is 14.7. The molecule has 0 radical (unpaired) electrons. The van der Waals surface area contributed by atoms with Crippen molar-refractivity contribution in [2.75, 3.05) is 19.4 Å². The second-order valence-corrected chi connectivity index (χ2v) is 9.04. The van der Waals surface area contributed by atoms with E-state index in [9.17, 15) is 4.79 Å². The highest BCUT2D eigenvalue weighted by Gasteiger charge is 2.30. The van der Waals surface area contributed by atoms with Crippen molar-refractivity contribution in [3.8, 4) is 17.1 Å². The van der Waals surface area contributed by atoms with Crippen LogP contribution in [-0.4, -0.2) is 45.0 Å². The molecule has 1 aromatic carbocycles. The van der Waals surface area contributed by atoms with Gasteiger partial charge in [0.2, 0.25) is 5.91 Å². The molecule has 30 heavy (non-hydrogen) atoms. The highest BCUT2D eigenvalue weighted by atomic mass is 32.2. The summed E-state index contributed by atoms with van der Waals surface area (Å²) in [6, 6.07) is 10.1. The number of methoxy groups -OCH3 is 1. The van der Waals surface area contributed by atoms with E-state index in [4.69, 9.17) is 4.74 Å². The van der Waals surface area contributed by atoms with Crippen molar-refractivity contribution in [2.45, 2.75) is 44.4 Å². The van der Waals surface area contributed by atoms with E-state index in [1.807, 2.05) is 33.7 Å². The molecule has 1 unspecified atom stereocenters. The molecule has 1 aliphatic heterocycles. The van der Waals surface area contributed by atoms with Crippen molar-refractivity contribution >= 4 is 29.0 Å². The zero-order valence-corrected chi connectivity index (χ0v) is 19.1. The molecule has 0 fully saturated rings. The summed E-state index contributed by atoms with van der Waals surface area (Å²) < 4.78 is 7.53. The van der Waals surface area contributed by atoms with Gasteiger partial charge in [-0.05, 0) is 48.9 Å². The maximum Gasteiger partial charge on any atom is 0.233 e. The van der Waals surface area contributed by atoms with Gasteiger partial charge in [0, 0.05) is 18.0 Å². The van der Waals surface area contributed by atoms with Crippen molar-refractivity contribution in [1.82, 2.24) is 19.7 Å². The van der Waals surface area contributed by atoms with Gasteiger partial charge >= 0.3 is 0 Å². The summed E-state index contributed by atoms with van der Waals surface area (Å²) in [5, 5.41) is 11.7. The maximum absolute atomic E-state index is 13.1. The number of thiophene rings is 1. The Morgan fingerprint density at radius 3 is 2.87 bits per heavy atom. The zero-order chi connectivity index (χ0) is 21.1. The molecule has 0 saturated heterocycles. The van der Waals surface area contributed by atoms with E-state index in [0.717, 1.165) is 48.2 Å². The van der Waals surface area contributed by atoms with Crippen LogP contribution in [0.2, 0.25) is 0 Å². The minimum atomic E-state index is 0.160. The Kier molecular flexibility index (Phi) is 6.43. The smallest absolute Gasteiger partial charge is 0.233 e. The number of amides is 1. The van der Waals surface area contributed by atoms with Crippen LogP contribution in [0.1, 0.15) is 36.8 Å². The van der Waals surface area contributed by atoms with Crippen molar-refractivity contribution < 1.29 is 9.53 Å². The second kappa shape index (κ2) is 9.22. The Balaban J connectivity index is 1.50. The lowest BCUT2D eigenvalue weighted by molar-refractivity contribution is -0.131. The largest absolute Gasteiger partial charge is 0.496 e. The number of hydrogen-bond donors (Lipinski definition) is 0. The first kappa shape index (κ1) is 20.9. The van der Waals surface area contributed by atoms with Gasteiger partial charge in [-0.15, -0.1) is 21.5 Å². The lowest BCUT2D eigenvalue weighted by Gasteiger charge is -2.35. The van der Waals surface area contributed by atoms with E-state index >= 15 is 0 Å². The molecular formula is C22H26N4O2S2. The average Bonchev–Trinajstić information content (AvgIpc) is 3.43. The molecule has 0 spiro atoms. The fourth-order valence-electron chi connectivity index (χ4n) is 4.05. The zero-order valence-electron chi connectivity index (χ0n) is 17.5. The Labute approximate surface area is 185 Å². The Morgan fingerprint density at radius 1 is 1.27 bits per heavy atom. The van der Waals surface area contributed by atoms with E-state index in [0.29, 0.717) is 5.75 Å². The lowest BCUT2D eigenvalue weighted by Crippen LogP contribution is -2.40. The Bertz CT molecular complexity index is 1030. The quantitative estimate of drug-likeness (QED) is 0.498. The molecule has 6 nitrogen and oxygen atoms in total. The number of nitrogens with zero attached hydrogens (tertiary/aromatic N) is 4. The third kappa shape index (κ3) is 3.86. The highest BCUT2D eigenvalue weighted by Crippen LogP contribution is 2.36. The summed E-state index contributed by atoms with van der Waals surface area (Å²) in [7, 11) is 1.65. The SMILES string of the molecule is CCC1c2ccsc2CCN1C(=O)CSc1nnc(-c2ccccc2OC)n1CC. The molecule has 2 aromatic heterocycles. The van der Waals surface area contributed by atoms with Crippen LogP contribution in [0.15, 0.2) is 40.9 Å². The van der Waals surface area contributed by atoms with Crippen molar-refractivity contribution in [3.05, 3.63) is 46.2 Å². The van der Waals surface area contributed by atoms with E-state index in [1.165, 1.54) is 22.2 Å². The number of thioether (sulfide) groups is 1. The van der Waals surface area contributed by atoms with E-state index in [1.54, 1.807) is 18.4 Å². The van der Waals surface area contributed by atoms with E-state index in [-0.39, 0.29) is 11.9 Å². The van der Waals surface area contributed by atoms with Crippen LogP contribution in [0.25, 0.3) is 11.4 Å².